The molecule has 2 nitrogen and oxygen atoms in total. The van der Waals surface area contributed by atoms with Crippen molar-refractivity contribution in [3.05, 3.63) is 82.9 Å². The summed E-state index contributed by atoms with van der Waals surface area (Å²) in [5, 5.41) is 2.30. The molecule has 0 aliphatic rings. The van der Waals surface area contributed by atoms with Gasteiger partial charge < -0.3 is 0 Å². The Hall–Kier alpha value is -3.18. The number of rotatable bonds is 6. The Morgan fingerprint density at radius 1 is 1.15 bits per heavy atom. The summed E-state index contributed by atoms with van der Waals surface area (Å²) in [5.41, 5.74) is 3.95. The van der Waals surface area contributed by atoms with E-state index in [1.54, 1.807) is 6.21 Å². The molecule has 0 saturated carbocycles. The number of aryl methyl sites for hydroxylation is 1. The molecule has 0 heterocycles. The first-order valence-electron chi connectivity index (χ1n) is 9.15. The van der Waals surface area contributed by atoms with Gasteiger partial charge in [-0.3, -0.25) is 9.79 Å². The summed E-state index contributed by atoms with van der Waals surface area (Å²) in [6, 6.07) is 20.1. The lowest BCUT2D eigenvalue weighted by molar-refractivity contribution is -0.118. The van der Waals surface area contributed by atoms with Crippen molar-refractivity contribution < 1.29 is 4.79 Å². The van der Waals surface area contributed by atoms with Crippen LogP contribution in [0.25, 0.3) is 10.8 Å². The maximum Gasteiger partial charge on any atom is 0.139 e. The van der Waals surface area contributed by atoms with Crippen LogP contribution in [0.1, 0.15) is 35.6 Å². The monoisotopic (exact) mass is 353 g/mol. The molecule has 3 aromatic rings. The highest BCUT2D eigenvalue weighted by Gasteiger charge is 2.11. The van der Waals surface area contributed by atoms with Crippen LogP contribution in [0.5, 0.6) is 0 Å². The predicted octanol–water partition coefficient (Wildman–Crippen LogP) is 5.14. The van der Waals surface area contributed by atoms with E-state index in [9.17, 15) is 4.79 Å². The van der Waals surface area contributed by atoms with Crippen LogP contribution in [0.3, 0.4) is 0 Å². The molecular formula is C25H23NO. The molecule has 3 aromatic carbocycles. The quantitative estimate of drug-likeness (QED) is 0.446. The minimum absolute atomic E-state index is 0.0846. The molecule has 0 bridgehead atoms. The normalized spacial score (nSPS) is 12.2. The Morgan fingerprint density at radius 3 is 2.74 bits per heavy atom. The molecule has 1 atom stereocenters. The largest absolute Gasteiger partial charge is 0.299 e. The van der Waals surface area contributed by atoms with E-state index in [1.807, 2.05) is 56.3 Å². The van der Waals surface area contributed by atoms with Crippen molar-refractivity contribution in [1.29, 1.82) is 0 Å². The number of ketones is 1. The van der Waals surface area contributed by atoms with E-state index >= 15 is 0 Å². The molecule has 0 aromatic heterocycles. The number of terminal acetylenes is 1. The summed E-state index contributed by atoms with van der Waals surface area (Å²) in [6.07, 6.45) is 8.19. The first-order chi connectivity index (χ1) is 13.1. The minimum atomic E-state index is -0.0846. The van der Waals surface area contributed by atoms with Crippen LogP contribution in [0.4, 0.5) is 0 Å². The molecular weight excluding hydrogens is 330 g/mol. The fourth-order valence-corrected chi connectivity index (χ4v) is 3.24. The molecule has 0 amide bonds. The second kappa shape index (κ2) is 8.47. The summed E-state index contributed by atoms with van der Waals surface area (Å²) >= 11 is 0. The van der Waals surface area contributed by atoms with Crippen molar-refractivity contribution in [1.82, 2.24) is 0 Å². The van der Waals surface area contributed by atoms with E-state index in [1.165, 1.54) is 0 Å². The SMILES string of the molecule is C#Cc1ccc(C)cc1C=NC(C)CC(=O)Cc1cccc2ccccc12. The Morgan fingerprint density at radius 2 is 1.93 bits per heavy atom. The topological polar surface area (TPSA) is 29.4 Å². The third-order valence-electron chi connectivity index (χ3n) is 4.62. The average molecular weight is 353 g/mol. The molecule has 0 spiro atoms. The van der Waals surface area contributed by atoms with Crippen LogP contribution >= 0.6 is 0 Å². The Bertz CT molecular complexity index is 1030. The fourth-order valence-electron chi connectivity index (χ4n) is 3.24. The highest BCUT2D eigenvalue weighted by molar-refractivity contribution is 5.91. The standard InChI is InChI=1S/C25H23NO/c1-4-20-13-12-18(2)14-23(20)17-26-19(3)15-24(27)16-22-10-7-9-21-8-5-6-11-25(21)22/h1,5-14,17,19H,15-16H2,2-3H3. The zero-order valence-corrected chi connectivity index (χ0v) is 15.8. The highest BCUT2D eigenvalue weighted by atomic mass is 16.1. The van der Waals surface area contributed by atoms with Crippen molar-refractivity contribution in [3.63, 3.8) is 0 Å². The second-order valence-corrected chi connectivity index (χ2v) is 6.92. The van der Waals surface area contributed by atoms with Gasteiger partial charge in [0.1, 0.15) is 5.78 Å². The number of hydrogen-bond donors (Lipinski definition) is 0. The Kier molecular flexibility index (Phi) is 5.84. The lowest BCUT2D eigenvalue weighted by Crippen LogP contribution is -2.11. The smallest absolute Gasteiger partial charge is 0.139 e. The third-order valence-corrected chi connectivity index (χ3v) is 4.62. The molecule has 27 heavy (non-hydrogen) atoms. The number of Topliss-reactive ketones (excluding diaryl/α,β-unsaturated/α-hetero) is 1. The molecule has 2 heteroatoms. The van der Waals surface area contributed by atoms with Gasteiger partial charge in [-0.25, -0.2) is 0 Å². The highest BCUT2D eigenvalue weighted by Crippen LogP contribution is 2.20. The van der Waals surface area contributed by atoms with Crippen molar-refractivity contribution in [2.75, 3.05) is 0 Å². The zero-order chi connectivity index (χ0) is 19.2. The van der Waals surface area contributed by atoms with Gasteiger partial charge in [0.05, 0.1) is 6.04 Å². The first kappa shape index (κ1) is 18.6. The maximum absolute atomic E-state index is 12.5. The Labute approximate surface area is 161 Å². The fraction of sp³-hybridized carbons (Fsp3) is 0.200. The zero-order valence-electron chi connectivity index (χ0n) is 15.8. The van der Waals surface area contributed by atoms with Gasteiger partial charge in [0.2, 0.25) is 0 Å². The molecule has 0 N–H and O–H groups in total. The maximum atomic E-state index is 12.5. The van der Waals surface area contributed by atoms with E-state index in [0.717, 1.165) is 33.0 Å². The van der Waals surface area contributed by atoms with E-state index in [0.29, 0.717) is 12.8 Å². The van der Waals surface area contributed by atoms with Crippen molar-refractivity contribution in [3.8, 4) is 12.3 Å². The predicted molar refractivity (Wildman–Crippen MR) is 113 cm³/mol. The summed E-state index contributed by atoms with van der Waals surface area (Å²) in [7, 11) is 0. The molecule has 1 unspecified atom stereocenters. The number of carbonyl (C=O) groups excluding carboxylic acids is 1. The number of hydrogen-bond acceptors (Lipinski definition) is 2. The first-order valence-corrected chi connectivity index (χ1v) is 9.15. The summed E-state index contributed by atoms with van der Waals surface area (Å²) in [5.74, 6) is 2.87. The lowest BCUT2D eigenvalue weighted by Gasteiger charge is -2.08. The number of carbonyl (C=O) groups is 1. The minimum Gasteiger partial charge on any atom is -0.299 e. The van der Waals surface area contributed by atoms with Crippen LogP contribution in [0.2, 0.25) is 0 Å². The molecule has 3 rings (SSSR count). The number of aliphatic imine (C=N–C) groups is 1. The van der Waals surface area contributed by atoms with Crippen LogP contribution in [-0.4, -0.2) is 18.0 Å². The van der Waals surface area contributed by atoms with E-state index in [2.05, 4.69) is 29.1 Å². The van der Waals surface area contributed by atoms with Gasteiger partial charge in [-0.15, -0.1) is 6.42 Å². The van der Waals surface area contributed by atoms with Crippen molar-refractivity contribution in [2.24, 2.45) is 4.99 Å². The summed E-state index contributed by atoms with van der Waals surface area (Å²) in [4.78, 5) is 17.1. The van der Waals surface area contributed by atoms with Crippen LogP contribution in [-0.2, 0) is 11.2 Å². The molecule has 0 aliphatic carbocycles. The molecule has 134 valence electrons. The average Bonchev–Trinajstić information content (AvgIpc) is 2.67. The molecule has 0 radical (unpaired) electrons. The lowest BCUT2D eigenvalue weighted by atomic mass is 9.98. The van der Waals surface area contributed by atoms with E-state index in [-0.39, 0.29) is 11.8 Å². The molecule has 0 fully saturated rings. The third kappa shape index (κ3) is 4.71. The molecule has 0 aliphatic heterocycles. The number of fused-ring (bicyclic) bond motifs is 1. The summed E-state index contributed by atoms with van der Waals surface area (Å²) < 4.78 is 0. The van der Waals surface area contributed by atoms with Crippen LogP contribution < -0.4 is 0 Å². The molecule has 0 saturated heterocycles. The van der Waals surface area contributed by atoms with Gasteiger partial charge in [-0.1, -0.05) is 60.0 Å². The Balaban J connectivity index is 1.67. The summed E-state index contributed by atoms with van der Waals surface area (Å²) in [6.45, 7) is 3.98. The van der Waals surface area contributed by atoms with E-state index in [4.69, 9.17) is 6.42 Å². The van der Waals surface area contributed by atoms with Gasteiger partial charge in [-0.05, 0) is 42.3 Å². The number of benzene rings is 3. The van der Waals surface area contributed by atoms with Gasteiger partial charge in [0, 0.05) is 30.2 Å². The van der Waals surface area contributed by atoms with Crippen molar-refractivity contribution in [2.45, 2.75) is 32.7 Å². The van der Waals surface area contributed by atoms with Crippen LogP contribution in [0.15, 0.2) is 65.7 Å². The number of nitrogens with zero attached hydrogens (tertiary/aromatic N) is 1. The van der Waals surface area contributed by atoms with E-state index < -0.39 is 0 Å². The van der Waals surface area contributed by atoms with Gasteiger partial charge >= 0.3 is 0 Å². The van der Waals surface area contributed by atoms with Gasteiger partial charge in [-0.2, -0.15) is 0 Å². The van der Waals surface area contributed by atoms with Gasteiger partial charge in [0.15, 0.2) is 0 Å². The van der Waals surface area contributed by atoms with Crippen molar-refractivity contribution >= 4 is 22.8 Å². The second-order valence-electron chi connectivity index (χ2n) is 6.92. The van der Waals surface area contributed by atoms with Gasteiger partial charge in [0.25, 0.3) is 0 Å². The van der Waals surface area contributed by atoms with Crippen LogP contribution in [0, 0.1) is 19.3 Å².